The summed E-state index contributed by atoms with van der Waals surface area (Å²) in [6.07, 6.45) is 3.18. The molecule has 0 unspecified atom stereocenters. The van der Waals surface area contributed by atoms with Crippen molar-refractivity contribution in [2.75, 3.05) is 0 Å². The Bertz CT molecular complexity index is 110. The molecule has 1 atom stereocenters. The first-order valence-electron chi connectivity index (χ1n) is 4.04. The van der Waals surface area contributed by atoms with E-state index < -0.39 is 5.92 Å². The SMILES string of the molecule is CC[C@H]1CCCCC1(F)F. The van der Waals surface area contributed by atoms with E-state index in [-0.39, 0.29) is 12.3 Å². The maximum absolute atomic E-state index is 12.9. The minimum Gasteiger partial charge on any atom is -0.207 e. The zero-order valence-electron chi connectivity index (χ0n) is 6.37. The highest BCUT2D eigenvalue weighted by Gasteiger charge is 2.39. The van der Waals surface area contributed by atoms with Crippen molar-refractivity contribution in [3.63, 3.8) is 0 Å². The standard InChI is InChI=1S/C8H14F2/c1-2-7-5-3-4-6-8(7,9)10/h7H,2-6H2,1H3/t7-/m0/s1. The van der Waals surface area contributed by atoms with Gasteiger partial charge in [0.1, 0.15) is 0 Å². The van der Waals surface area contributed by atoms with E-state index in [1.807, 2.05) is 6.92 Å². The predicted octanol–water partition coefficient (Wildman–Crippen LogP) is 3.22. The van der Waals surface area contributed by atoms with Crippen LogP contribution in [0.3, 0.4) is 0 Å². The van der Waals surface area contributed by atoms with E-state index in [1.165, 1.54) is 0 Å². The summed E-state index contributed by atoms with van der Waals surface area (Å²) in [5.41, 5.74) is 0. The van der Waals surface area contributed by atoms with Crippen LogP contribution < -0.4 is 0 Å². The summed E-state index contributed by atoms with van der Waals surface area (Å²) >= 11 is 0. The molecule has 0 amide bonds. The lowest BCUT2D eigenvalue weighted by Crippen LogP contribution is -2.30. The van der Waals surface area contributed by atoms with Gasteiger partial charge in [0.05, 0.1) is 0 Å². The number of hydrogen-bond acceptors (Lipinski definition) is 0. The van der Waals surface area contributed by atoms with E-state index in [0.717, 1.165) is 12.8 Å². The minimum atomic E-state index is -2.35. The Labute approximate surface area is 60.6 Å². The zero-order chi connectivity index (χ0) is 7.61. The fourth-order valence-electron chi connectivity index (χ4n) is 1.67. The number of alkyl halides is 2. The molecule has 0 nitrogen and oxygen atoms in total. The van der Waals surface area contributed by atoms with Crippen molar-refractivity contribution in [3.05, 3.63) is 0 Å². The average Bonchev–Trinajstić information content (AvgIpc) is 1.87. The summed E-state index contributed by atoms with van der Waals surface area (Å²) in [6.45, 7) is 1.85. The maximum Gasteiger partial charge on any atom is 0.250 e. The van der Waals surface area contributed by atoms with Crippen LogP contribution in [0.15, 0.2) is 0 Å². The third-order valence-corrected chi connectivity index (χ3v) is 2.40. The monoisotopic (exact) mass is 148 g/mol. The van der Waals surface area contributed by atoms with Crippen LogP contribution in [0.25, 0.3) is 0 Å². The average molecular weight is 148 g/mol. The van der Waals surface area contributed by atoms with Crippen molar-refractivity contribution in [3.8, 4) is 0 Å². The third kappa shape index (κ3) is 1.47. The Balaban J connectivity index is 2.51. The summed E-state index contributed by atoms with van der Waals surface area (Å²) in [5, 5.41) is 0. The largest absolute Gasteiger partial charge is 0.250 e. The smallest absolute Gasteiger partial charge is 0.207 e. The van der Waals surface area contributed by atoms with Crippen molar-refractivity contribution in [1.29, 1.82) is 0 Å². The topological polar surface area (TPSA) is 0 Å². The summed E-state index contributed by atoms with van der Waals surface area (Å²) < 4.78 is 25.7. The van der Waals surface area contributed by atoms with Crippen LogP contribution in [0.4, 0.5) is 8.78 Å². The Kier molecular flexibility index (Phi) is 2.27. The second-order valence-electron chi connectivity index (χ2n) is 3.11. The van der Waals surface area contributed by atoms with Gasteiger partial charge in [-0.05, 0) is 19.3 Å². The Morgan fingerprint density at radius 3 is 2.50 bits per heavy atom. The first kappa shape index (κ1) is 7.96. The molecule has 0 aromatic heterocycles. The molecular formula is C8H14F2. The van der Waals surface area contributed by atoms with Crippen molar-refractivity contribution in [2.24, 2.45) is 5.92 Å². The second-order valence-corrected chi connectivity index (χ2v) is 3.11. The molecule has 1 aliphatic carbocycles. The Morgan fingerprint density at radius 2 is 2.10 bits per heavy atom. The third-order valence-electron chi connectivity index (χ3n) is 2.40. The van der Waals surface area contributed by atoms with Gasteiger partial charge < -0.3 is 0 Å². The Hall–Kier alpha value is -0.140. The highest BCUT2D eigenvalue weighted by molar-refractivity contribution is 4.80. The normalized spacial score (nSPS) is 32.1. The molecule has 1 aliphatic rings. The van der Waals surface area contributed by atoms with Gasteiger partial charge in [0.25, 0.3) is 5.92 Å². The molecule has 10 heavy (non-hydrogen) atoms. The molecule has 0 N–H and O–H groups in total. The fraction of sp³-hybridized carbons (Fsp3) is 1.00. The van der Waals surface area contributed by atoms with Crippen LogP contribution in [-0.4, -0.2) is 5.92 Å². The van der Waals surface area contributed by atoms with Gasteiger partial charge in [-0.1, -0.05) is 13.3 Å². The van der Waals surface area contributed by atoms with Gasteiger partial charge in [-0.2, -0.15) is 0 Å². The van der Waals surface area contributed by atoms with E-state index in [2.05, 4.69) is 0 Å². The van der Waals surface area contributed by atoms with Gasteiger partial charge >= 0.3 is 0 Å². The lowest BCUT2D eigenvalue weighted by Gasteiger charge is -2.30. The summed E-state index contributed by atoms with van der Waals surface area (Å²) in [4.78, 5) is 0. The predicted molar refractivity (Wildman–Crippen MR) is 37.2 cm³/mol. The molecule has 0 aromatic rings. The number of rotatable bonds is 1. The van der Waals surface area contributed by atoms with Gasteiger partial charge in [-0.15, -0.1) is 0 Å². The molecule has 0 radical (unpaired) electrons. The van der Waals surface area contributed by atoms with Gasteiger partial charge in [0, 0.05) is 12.3 Å². The lowest BCUT2D eigenvalue weighted by atomic mass is 9.84. The first-order chi connectivity index (χ1) is 4.67. The highest BCUT2D eigenvalue weighted by Crippen LogP contribution is 2.39. The summed E-state index contributed by atoms with van der Waals surface area (Å²) in [5.74, 6) is -2.69. The van der Waals surface area contributed by atoms with Gasteiger partial charge in [0.15, 0.2) is 0 Å². The van der Waals surface area contributed by atoms with Gasteiger partial charge in [-0.3, -0.25) is 0 Å². The van der Waals surface area contributed by atoms with Crippen molar-refractivity contribution in [1.82, 2.24) is 0 Å². The number of halogens is 2. The van der Waals surface area contributed by atoms with E-state index >= 15 is 0 Å². The summed E-state index contributed by atoms with van der Waals surface area (Å²) in [7, 11) is 0. The van der Waals surface area contributed by atoms with E-state index in [0.29, 0.717) is 12.8 Å². The molecular weight excluding hydrogens is 134 g/mol. The highest BCUT2D eigenvalue weighted by atomic mass is 19.3. The van der Waals surface area contributed by atoms with Crippen LogP contribution in [-0.2, 0) is 0 Å². The van der Waals surface area contributed by atoms with Crippen molar-refractivity contribution in [2.45, 2.75) is 45.0 Å². The molecule has 0 heterocycles. The molecule has 1 rings (SSSR count). The summed E-state index contributed by atoms with van der Waals surface area (Å²) in [6, 6.07) is 0. The molecule has 60 valence electrons. The second kappa shape index (κ2) is 2.85. The van der Waals surface area contributed by atoms with Crippen LogP contribution in [0, 0.1) is 5.92 Å². The van der Waals surface area contributed by atoms with Crippen LogP contribution in [0.2, 0.25) is 0 Å². The first-order valence-corrected chi connectivity index (χ1v) is 4.04. The van der Waals surface area contributed by atoms with Crippen molar-refractivity contribution < 1.29 is 8.78 Å². The molecule has 0 bridgehead atoms. The van der Waals surface area contributed by atoms with Crippen LogP contribution in [0.1, 0.15) is 39.0 Å². The lowest BCUT2D eigenvalue weighted by molar-refractivity contribution is -0.0864. The minimum absolute atomic E-state index is 0.117. The van der Waals surface area contributed by atoms with E-state index in [1.54, 1.807) is 0 Å². The molecule has 0 aromatic carbocycles. The molecule has 2 heteroatoms. The molecule has 0 spiro atoms. The fourth-order valence-corrected chi connectivity index (χ4v) is 1.67. The van der Waals surface area contributed by atoms with Gasteiger partial charge in [-0.25, -0.2) is 8.78 Å². The Morgan fingerprint density at radius 1 is 1.40 bits per heavy atom. The quantitative estimate of drug-likeness (QED) is 0.535. The van der Waals surface area contributed by atoms with Gasteiger partial charge in [0.2, 0.25) is 0 Å². The van der Waals surface area contributed by atoms with Crippen LogP contribution in [0.5, 0.6) is 0 Å². The zero-order valence-corrected chi connectivity index (χ0v) is 6.37. The number of hydrogen-bond donors (Lipinski definition) is 0. The maximum atomic E-state index is 12.9. The molecule has 1 fully saturated rings. The van der Waals surface area contributed by atoms with Crippen molar-refractivity contribution >= 4 is 0 Å². The van der Waals surface area contributed by atoms with E-state index in [4.69, 9.17) is 0 Å². The molecule has 0 aliphatic heterocycles. The van der Waals surface area contributed by atoms with E-state index in [9.17, 15) is 8.78 Å². The molecule has 1 saturated carbocycles. The molecule has 0 saturated heterocycles. The van der Waals surface area contributed by atoms with Crippen LogP contribution >= 0.6 is 0 Å².